The Kier molecular flexibility index (Phi) is 15.6. The maximum Gasteiger partial charge on any atom is 0.409 e. The average Bonchev–Trinajstić information content (AvgIpc) is 3.26. The summed E-state index contributed by atoms with van der Waals surface area (Å²) < 4.78 is 37.6. The zero-order chi connectivity index (χ0) is 41.8. The van der Waals surface area contributed by atoms with Gasteiger partial charge in [0.15, 0.2) is 6.29 Å². The predicted octanol–water partition coefficient (Wildman–Crippen LogP) is 8.10. The number of oxime groups is 1. The number of nitrogens with zero attached hydrogens (tertiary/aromatic N) is 2. The van der Waals surface area contributed by atoms with Gasteiger partial charge in [-0.3, -0.25) is 4.79 Å². The van der Waals surface area contributed by atoms with Gasteiger partial charge in [-0.1, -0.05) is 36.2 Å². The van der Waals surface area contributed by atoms with Crippen LogP contribution >= 0.6 is 0 Å². The number of carbonyl (C=O) groups is 2. The third-order valence-corrected chi connectivity index (χ3v) is 11.9. The molecule has 2 fully saturated rings. The molecule has 2 N–H and O–H groups in total. The number of rotatable bonds is 21. The van der Waals surface area contributed by atoms with Crippen molar-refractivity contribution in [1.29, 1.82) is 0 Å². The molecule has 7 atom stereocenters. The summed E-state index contributed by atoms with van der Waals surface area (Å²) in [4.78, 5) is 33.5. The van der Waals surface area contributed by atoms with Crippen molar-refractivity contribution < 1.29 is 53.1 Å². The van der Waals surface area contributed by atoms with Crippen molar-refractivity contribution in [3.8, 4) is 23.0 Å². The monoisotopic (exact) mass is 816 g/mol. The van der Waals surface area contributed by atoms with Crippen LogP contribution in [0.15, 0.2) is 78.5 Å². The fourth-order valence-corrected chi connectivity index (χ4v) is 9.17. The fourth-order valence-electron chi connectivity index (χ4n) is 9.17. The summed E-state index contributed by atoms with van der Waals surface area (Å²) >= 11 is 0. The van der Waals surface area contributed by atoms with Gasteiger partial charge in [-0.2, -0.15) is 0 Å². The molecular weight excluding hydrogens is 757 g/mol. The Balaban J connectivity index is 1.54. The lowest BCUT2D eigenvalue weighted by Gasteiger charge is -2.59. The number of fused-ring (bicyclic) bond motifs is 2. The Bertz CT molecular complexity index is 1820. The van der Waals surface area contributed by atoms with Crippen LogP contribution in [-0.2, 0) is 19.0 Å². The van der Waals surface area contributed by atoms with Crippen molar-refractivity contribution in [3.63, 3.8) is 0 Å². The number of hydrogen-bond donors (Lipinski definition) is 2. The highest BCUT2D eigenvalue weighted by Crippen LogP contribution is 2.62. The summed E-state index contributed by atoms with van der Waals surface area (Å²) in [5.41, 5.74) is 2.84. The van der Waals surface area contributed by atoms with Crippen LogP contribution in [0.25, 0.3) is 0 Å². The maximum absolute atomic E-state index is 13.9. The first kappa shape index (κ1) is 43.9. The van der Waals surface area contributed by atoms with Crippen molar-refractivity contribution in [3.05, 3.63) is 84.5 Å². The number of aldehydes is 1. The summed E-state index contributed by atoms with van der Waals surface area (Å²) in [6.45, 7) is 8.80. The minimum atomic E-state index is -1.42. The van der Waals surface area contributed by atoms with Crippen molar-refractivity contribution in [1.82, 2.24) is 4.90 Å². The van der Waals surface area contributed by atoms with Gasteiger partial charge in [0.1, 0.15) is 29.0 Å². The number of likely N-dealkylation sites (N-methyl/N-ethyl adjacent to an activating group) is 1. The van der Waals surface area contributed by atoms with Gasteiger partial charge in [-0.25, -0.2) is 4.79 Å². The minimum absolute atomic E-state index is 0.0219. The van der Waals surface area contributed by atoms with Gasteiger partial charge in [0.05, 0.1) is 44.1 Å². The SMILES string of the molecule is C=CCCOC(=O)N(C)[C@H]1CC(=NOC2CCCCO2)C2=C[C@H](CCCCO)[C@@H](CCCCO)[C@@H]3c4cc(Oc5ccc(OC)c(C=O)c5)ccc4O[C@@]1(OCC=C)[C@H]23. The first-order chi connectivity index (χ1) is 28.8. The van der Waals surface area contributed by atoms with Crippen molar-refractivity contribution in [2.75, 3.05) is 47.2 Å². The third kappa shape index (κ3) is 9.86. The first-order valence-corrected chi connectivity index (χ1v) is 21.0. The molecule has 2 aromatic rings. The molecule has 6 rings (SSSR count). The van der Waals surface area contributed by atoms with E-state index in [-0.39, 0.29) is 50.6 Å². The number of allylic oxidation sites excluding steroid dienone is 1. The summed E-state index contributed by atoms with van der Waals surface area (Å²) in [7, 11) is 3.21. The van der Waals surface area contributed by atoms with Gasteiger partial charge in [0.2, 0.25) is 12.1 Å². The molecule has 2 aliphatic heterocycles. The number of amides is 1. The van der Waals surface area contributed by atoms with Crippen LogP contribution in [0.4, 0.5) is 4.79 Å². The molecule has 1 saturated carbocycles. The maximum atomic E-state index is 13.9. The smallest absolute Gasteiger partial charge is 0.409 e. The van der Waals surface area contributed by atoms with E-state index < -0.39 is 30.1 Å². The lowest BCUT2D eigenvalue weighted by molar-refractivity contribution is -0.254. The minimum Gasteiger partial charge on any atom is -0.496 e. The van der Waals surface area contributed by atoms with Crippen molar-refractivity contribution >= 4 is 18.1 Å². The Hall–Kier alpha value is -4.69. The molecule has 0 bridgehead atoms. The highest BCUT2D eigenvalue weighted by atomic mass is 16.8. The van der Waals surface area contributed by atoms with E-state index in [1.54, 1.807) is 42.3 Å². The summed E-state index contributed by atoms with van der Waals surface area (Å²) in [6.07, 6.45) is 13.2. The summed E-state index contributed by atoms with van der Waals surface area (Å²) in [5.74, 6) is -0.0782. The molecule has 4 aliphatic rings. The van der Waals surface area contributed by atoms with Crippen LogP contribution in [-0.4, -0.2) is 98.5 Å². The molecule has 0 aromatic heterocycles. The summed E-state index contributed by atoms with van der Waals surface area (Å²) in [5, 5.41) is 24.6. The molecule has 1 saturated heterocycles. The van der Waals surface area contributed by atoms with Crippen molar-refractivity contribution in [2.45, 2.75) is 94.7 Å². The number of unbranched alkanes of at least 4 members (excludes halogenated alkanes) is 2. The van der Waals surface area contributed by atoms with Crippen LogP contribution in [0.2, 0.25) is 0 Å². The standard InChI is InChI=1S/C46H60N2O11/c1-5-7-24-55-45(52)48(3)41-29-38(47-59-42-16-10-13-25-54-42)36-27-31(14-8-11-21-49)35(15-9-12-22-50)43-37-28-34(57-33-17-19-39(53-4)32(26-33)30-51)18-20-40(37)58-46(41,44(36)43)56-23-6-2/h5-6,17-20,26-28,30-31,35,41-44,49-50H,1-2,7-16,21-25,29H2,3-4H3/t31-,35+,41-,42?,43+,44+,46+/m0/s1. The second-order valence-corrected chi connectivity index (χ2v) is 15.6. The largest absolute Gasteiger partial charge is 0.496 e. The van der Waals surface area contributed by atoms with E-state index in [4.69, 9.17) is 38.4 Å². The van der Waals surface area contributed by atoms with Crippen LogP contribution in [0.1, 0.15) is 92.5 Å². The Morgan fingerprint density at radius 2 is 1.81 bits per heavy atom. The number of methoxy groups -OCH3 is 1. The van der Waals surface area contributed by atoms with Crippen LogP contribution in [0.3, 0.4) is 0 Å². The predicted molar refractivity (Wildman–Crippen MR) is 222 cm³/mol. The number of carbonyl (C=O) groups excluding carboxylic acids is 2. The van der Waals surface area contributed by atoms with E-state index in [9.17, 15) is 19.8 Å². The van der Waals surface area contributed by atoms with Gasteiger partial charge in [-0.05, 0) is 98.8 Å². The Labute approximate surface area is 347 Å². The molecule has 320 valence electrons. The van der Waals surface area contributed by atoms with Gasteiger partial charge >= 0.3 is 6.09 Å². The molecule has 13 nitrogen and oxygen atoms in total. The number of benzene rings is 2. The van der Waals surface area contributed by atoms with Gasteiger partial charge in [0, 0.05) is 44.6 Å². The van der Waals surface area contributed by atoms with Gasteiger partial charge in [0.25, 0.3) is 0 Å². The molecule has 2 heterocycles. The van der Waals surface area contributed by atoms with Crippen molar-refractivity contribution in [2.24, 2.45) is 22.9 Å². The Morgan fingerprint density at radius 3 is 2.53 bits per heavy atom. The first-order valence-electron chi connectivity index (χ1n) is 21.0. The fraction of sp³-hybridized carbons (Fsp3) is 0.543. The molecule has 2 aromatic carbocycles. The highest BCUT2D eigenvalue weighted by molar-refractivity contribution is 6.03. The van der Waals surface area contributed by atoms with E-state index in [0.717, 1.165) is 55.9 Å². The third-order valence-electron chi connectivity index (χ3n) is 11.9. The zero-order valence-corrected chi connectivity index (χ0v) is 34.4. The van der Waals surface area contributed by atoms with Gasteiger partial charge < -0.3 is 48.4 Å². The number of aliphatic hydroxyl groups excluding tert-OH is 2. The molecule has 59 heavy (non-hydrogen) atoms. The van der Waals surface area contributed by atoms with E-state index >= 15 is 0 Å². The Morgan fingerprint density at radius 1 is 1.03 bits per heavy atom. The second-order valence-electron chi connectivity index (χ2n) is 15.6. The molecule has 2 aliphatic carbocycles. The topological polar surface area (TPSA) is 155 Å². The van der Waals surface area contributed by atoms with Crippen LogP contribution in [0.5, 0.6) is 23.0 Å². The normalized spacial score (nSPS) is 26.3. The quantitative estimate of drug-likeness (QED) is 0.0544. The molecule has 0 spiro atoms. The molecule has 0 radical (unpaired) electrons. The summed E-state index contributed by atoms with van der Waals surface area (Å²) in [6, 6.07) is 10.0. The van der Waals surface area contributed by atoms with E-state index in [2.05, 4.69) is 19.2 Å². The molecule has 1 unspecified atom stereocenters. The molecular formula is C46H60N2O11. The van der Waals surface area contributed by atoms with E-state index in [0.29, 0.717) is 66.6 Å². The number of hydrogen-bond acceptors (Lipinski definition) is 12. The second kappa shape index (κ2) is 21.0. The lowest BCUT2D eigenvalue weighted by atomic mass is 9.55. The van der Waals surface area contributed by atoms with E-state index in [1.165, 1.54) is 7.11 Å². The molecule has 1 amide bonds. The molecule has 13 heteroatoms. The number of aliphatic hydroxyl groups is 2. The van der Waals surface area contributed by atoms with Gasteiger partial charge in [-0.15, -0.1) is 13.2 Å². The zero-order valence-electron chi connectivity index (χ0n) is 34.4. The lowest BCUT2D eigenvalue weighted by Crippen LogP contribution is -2.69. The van der Waals surface area contributed by atoms with Crippen LogP contribution in [0, 0.1) is 17.8 Å². The number of ether oxygens (including phenoxy) is 6. The van der Waals surface area contributed by atoms with Crippen LogP contribution < -0.4 is 14.2 Å². The average molecular weight is 817 g/mol. The van der Waals surface area contributed by atoms with E-state index in [1.807, 2.05) is 18.2 Å². The highest BCUT2D eigenvalue weighted by Gasteiger charge is 2.65.